The normalized spacial score (nSPS) is 11.9. The monoisotopic (exact) mass is 255 g/mol. The molecule has 1 atom stereocenters. The van der Waals surface area contributed by atoms with Crippen molar-refractivity contribution in [2.75, 3.05) is 11.9 Å². The van der Waals surface area contributed by atoms with Gasteiger partial charge >= 0.3 is 0 Å². The summed E-state index contributed by atoms with van der Waals surface area (Å²) in [6, 6.07) is 16.5. The molecule has 98 valence electrons. The number of hydrogen-bond acceptors (Lipinski definition) is 3. The zero-order valence-electron chi connectivity index (χ0n) is 10.8. The van der Waals surface area contributed by atoms with Gasteiger partial charge < -0.3 is 10.4 Å². The number of carbonyl (C=O) groups excluding carboxylic acids is 1. The first kappa shape index (κ1) is 13.3. The van der Waals surface area contributed by atoms with Gasteiger partial charge in [-0.05, 0) is 31.2 Å². The molecular weight excluding hydrogens is 238 g/mol. The van der Waals surface area contributed by atoms with Gasteiger partial charge in [-0.15, -0.1) is 0 Å². The summed E-state index contributed by atoms with van der Waals surface area (Å²) in [7, 11) is 0. The Morgan fingerprint density at radius 2 is 1.63 bits per heavy atom. The van der Waals surface area contributed by atoms with E-state index in [0.29, 0.717) is 17.7 Å². The Morgan fingerprint density at radius 1 is 1.05 bits per heavy atom. The molecular formula is C16H17NO2. The predicted molar refractivity (Wildman–Crippen MR) is 76.5 cm³/mol. The molecule has 0 heterocycles. The van der Waals surface area contributed by atoms with E-state index in [4.69, 9.17) is 0 Å². The largest absolute Gasteiger partial charge is 0.392 e. The molecule has 0 aliphatic rings. The van der Waals surface area contributed by atoms with E-state index in [2.05, 4.69) is 5.32 Å². The molecule has 0 aliphatic heterocycles. The zero-order valence-corrected chi connectivity index (χ0v) is 10.8. The number of hydrogen-bond donors (Lipinski definition) is 2. The minimum Gasteiger partial charge on any atom is -0.392 e. The Bertz CT molecular complexity index is 532. The average molecular weight is 255 g/mol. The van der Waals surface area contributed by atoms with Crippen molar-refractivity contribution in [3.63, 3.8) is 0 Å². The number of aliphatic hydroxyl groups excluding tert-OH is 1. The van der Waals surface area contributed by atoms with E-state index in [9.17, 15) is 9.90 Å². The average Bonchev–Trinajstić information content (AvgIpc) is 2.46. The third kappa shape index (κ3) is 3.66. The maximum absolute atomic E-state index is 12.2. The van der Waals surface area contributed by atoms with Crippen LogP contribution < -0.4 is 5.32 Å². The highest BCUT2D eigenvalue weighted by Gasteiger charge is 2.07. The van der Waals surface area contributed by atoms with Crippen molar-refractivity contribution >= 4 is 11.5 Å². The van der Waals surface area contributed by atoms with Gasteiger partial charge in [0.25, 0.3) is 0 Å². The Kier molecular flexibility index (Phi) is 4.31. The second-order valence-corrected chi connectivity index (χ2v) is 4.50. The molecule has 0 aliphatic carbocycles. The van der Waals surface area contributed by atoms with E-state index in [1.165, 1.54) is 0 Å². The minimum absolute atomic E-state index is 0.0164. The third-order valence-corrected chi connectivity index (χ3v) is 2.78. The molecule has 0 saturated heterocycles. The first-order chi connectivity index (χ1) is 9.16. The lowest BCUT2D eigenvalue weighted by molar-refractivity contribution is 0.103. The van der Waals surface area contributed by atoms with Gasteiger partial charge in [0.1, 0.15) is 0 Å². The van der Waals surface area contributed by atoms with Gasteiger partial charge in [-0.25, -0.2) is 0 Å². The van der Waals surface area contributed by atoms with Gasteiger partial charge in [0.2, 0.25) is 0 Å². The fourth-order valence-electron chi connectivity index (χ4n) is 1.76. The fourth-order valence-corrected chi connectivity index (χ4v) is 1.76. The second-order valence-electron chi connectivity index (χ2n) is 4.50. The zero-order chi connectivity index (χ0) is 13.7. The van der Waals surface area contributed by atoms with Gasteiger partial charge in [0.15, 0.2) is 5.78 Å². The van der Waals surface area contributed by atoms with Crippen LogP contribution in [0.3, 0.4) is 0 Å². The number of carbonyl (C=O) groups is 1. The highest BCUT2D eigenvalue weighted by Crippen LogP contribution is 2.13. The van der Waals surface area contributed by atoms with Crippen molar-refractivity contribution < 1.29 is 9.90 Å². The molecule has 0 aromatic heterocycles. The number of rotatable bonds is 5. The van der Waals surface area contributed by atoms with E-state index < -0.39 is 6.10 Å². The summed E-state index contributed by atoms with van der Waals surface area (Å²) >= 11 is 0. The van der Waals surface area contributed by atoms with Crippen molar-refractivity contribution in [2.24, 2.45) is 0 Å². The summed E-state index contributed by atoms with van der Waals surface area (Å²) in [6.07, 6.45) is -0.398. The predicted octanol–water partition coefficient (Wildman–Crippen LogP) is 2.71. The SMILES string of the molecule is CC(O)CNc1ccc(C(=O)c2ccccc2)cc1. The molecule has 0 fully saturated rings. The van der Waals surface area contributed by atoms with Crippen LogP contribution in [0.25, 0.3) is 0 Å². The van der Waals surface area contributed by atoms with Crippen LogP contribution in [-0.2, 0) is 0 Å². The number of benzene rings is 2. The first-order valence-corrected chi connectivity index (χ1v) is 6.28. The second kappa shape index (κ2) is 6.16. The first-order valence-electron chi connectivity index (χ1n) is 6.28. The molecule has 1 unspecified atom stereocenters. The number of ketones is 1. The van der Waals surface area contributed by atoms with Gasteiger partial charge in [-0.1, -0.05) is 30.3 Å². The topological polar surface area (TPSA) is 49.3 Å². The lowest BCUT2D eigenvalue weighted by atomic mass is 10.0. The Balaban J connectivity index is 2.08. The van der Waals surface area contributed by atoms with E-state index in [1.807, 2.05) is 42.5 Å². The summed E-state index contributed by atoms with van der Waals surface area (Å²) in [5, 5.41) is 12.3. The van der Waals surface area contributed by atoms with E-state index in [0.717, 1.165) is 5.69 Å². The van der Waals surface area contributed by atoms with Crippen molar-refractivity contribution in [2.45, 2.75) is 13.0 Å². The molecule has 2 aromatic rings. The molecule has 0 amide bonds. The van der Waals surface area contributed by atoms with Crippen LogP contribution >= 0.6 is 0 Å². The maximum Gasteiger partial charge on any atom is 0.193 e. The molecule has 3 heteroatoms. The van der Waals surface area contributed by atoms with Crippen LogP contribution in [0.5, 0.6) is 0 Å². The molecule has 3 nitrogen and oxygen atoms in total. The lowest BCUT2D eigenvalue weighted by Crippen LogP contribution is -2.15. The molecule has 0 bridgehead atoms. The maximum atomic E-state index is 12.2. The van der Waals surface area contributed by atoms with Gasteiger partial charge in [0.05, 0.1) is 6.10 Å². The van der Waals surface area contributed by atoms with E-state index in [1.54, 1.807) is 19.1 Å². The van der Waals surface area contributed by atoms with Crippen molar-refractivity contribution in [3.8, 4) is 0 Å². The molecule has 2 rings (SSSR count). The van der Waals surface area contributed by atoms with Crippen LogP contribution in [-0.4, -0.2) is 23.5 Å². The third-order valence-electron chi connectivity index (χ3n) is 2.78. The van der Waals surface area contributed by atoms with Crippen molar-refractivity contribution in [1.29, 1.82) is 0 Å². The number of aliphatic hydroxyl groups is 1. The van der Waals surface area contributed by atoms with Gasteiger partial charge in [-0.2, -0.15) is 0 Å². The standard InChI is InChI=1S/C16H17NO2/c1-12(18)11-17-15-9-7-14(8-10-15)16(19)13-5-3-2-4-6-13/h2-10,12,17-18H,11H2,1H3. The van der Waals surface area contributed by atoms with E-state index >= 15 is 0 Å². The summed E-state index contributed by atoms with van der Waals surface area (Å²) in [5.41, 5.74) is 2.24. The van der Waals surface area contributed by atoms with Crippen LogP contribution in [0.4, 0.5) is 5.69 Å². The summed E-state index contributed by atoms with van der Waals surface area (Å²) < 4.78 is 0. The van der Waals surface area contributed by atoms with Crippen LogP contribution in [0.15, 0.2) is 54.6 Å². The minimum atomic E-state index is -0.398. The Hall–Kier alpha value is -2.13. The highest BCUT2D eigenvalue weighted by molar-refractivity contribution is 6.09. The molecule has 2 aromatic carbocycles. The molecule has 0 spiro atoms. The number of anilines is 1. The molecule has 19 heavy (non-hydrogen) atoms. The summed E-state index contributed by atoms with van der Waals surface area (Å²) in [6.45, 7) is 2.21. The number of nitrogens with one attached hydrogen (secondary N) is 1. The molecule has 2 N–H and O–H groups in total. The highest BCUT2D eigenvalue weighted by atomic mass is 16.3. The Labute approximate surface area is 112 Å². The quantitative estimate of drug-likeness (QED) is 0.808. The van der Waals surface area contributed by atoms with Crippen LogP contribution in [0, 0.1) is 0 Å². The van der Waals surface area contributed by atoms with E-state index in [-0.39, 0.29) is 5.78 Å². The van der Waals surface area contributed by atoms with Crippen LogP contribution in [0.2, 0.25) is 0 Å². The van der Waals surface area contributed by atoms with Gasteiger partial charge in [-0.3, -0.25) is 4.79 Å². The summed E-state index contributed by atoms with van der Waals surface area (Å²) in [4.78, 5) is 12.2. The van der Waals surface area contributed by atoms with Crippen LogP contribution in [0.1, 0.15) is 22.8 Å². The molecule has 0 saturated carbocycles. The Morgan fingerprint density at radius 3 is 2.21 bits per heavy atom. The lowest BCUT2D eigenvalue weighted by Gasteiger charge is -2.09. The smallest absolute Gasteiger partial charge is 0.193 e. The molecule has 0 radical (unpaired) electrons. The van der Waals surface area contributed by atoms with Crippen molar-refractivity contribution in [1.82, 2.24) is 0 Å². The fraction of sp³-hybridized carbons (Fsp3) is 0.188. The van der Waals surface area contributed by atoms with Gasteiger partial charge in [0, 0.05) is 23.4 Å². The van der Waals surface area contributed by atoms with Crippen molar-refractivity contribution in [3.05, 3.63) is 65.7 Å². The summed E-state index contributed by atoms with van der Waals surface area (Å²) in [5.74, 6) is 0.0164.